The van der Waals surface area contributed by atoms with Crippen LogP contribution in [0.25, 0.3) is 0 Å². The van der Waals surface area contributed by atoms with Gasteiger partial charge in [-0.3, -0.25) is 14.4 Å². The van der Waals surface area contributed by atoms with Crippen molar-refractivity contribution in [3.8, 4) is 6.07 Å². The third-order valence-corrected chi connectivity index (χ3v) is 4.73. The molecule has 27 heavy (non-hydrogen) atoms. The molecule has 2 amide bonds. The Morgan fingerprint density at radius 3 is 2.70 bits per heavy atom. The Morgan fingerprint density at radius 1 is 1.44 bits per heavy atom. The Labute approximate surface area is 157 Å². The maximum Gasteiger partial charge on any atom is 0.311 e. The van der Waals surface area contributed by atoms with Crippen LogP contribution in [0.15, 0.2) is 24.3 Å². The van der Waals surface area contributed by atoms with Crippen LogP contribution in [0, 0.1) is 29.0 Å². The number of nitrogens with zero attached hydrogens (tertiary/aromatic N) is 2. The molecule has 1 N–H and O–H groups in total. The second kappa shape index (κ2) is 8.16. The minimum absolute atomic E-state index is 0.0118. The lowest BCUT2D eigenvalue weighted by atomic mass is 9.90. The van der Waals surface area contributed by atoms with Gasteiger partial charge in [-0.15, -0.1) is 0 Å². The molecule has 1 aromatic rings. The van der Waals surface area contributed by atoms with E-state index in [0.717, 1.165) is 0 Å². The standard InChI is InChI=1S/C19H22FN3O4/c1-12(2)19(3,11-21)22-16(24)10-27-18(26)13-8-17(25)23(9-13)15-7-5-4-6-14(15)20/h4-7,12-13H,8-10H2,1-3H3,(H,22,24)/t13-,19+/m1/s1. The second-order valence-electron chi connectivity index (χ2n) is 6.98. The molecule has 144 valence electrons. The van der Waals surface area contributed by atoms with Crippen molar-refractivity contribution < 1.29 is 23.5 Å². The molecule has 0 radical (unpaired) electrons. The highest BCUT2D eigenvalue weighted by molar-refractivity contribution is 5.99. The first-order valence-corrected chi connectivity index (χ1v) is 8.61. The van der Waals surface area contributed by atoms with Crippen LogP contribution in [0.5, 0.6) is 0 Å². The molecule has 0 spiro atoms. The van der Waals surface area contributed by atoms with Crippen LogP contribution in [-0.4, -0.2) is 36.5 Å². The number of hydrogen-bond acceptors (Lipinski definition) is 5. The van der Waals surface area contributed by atoms with E-state index in [-0.39, 0.29) is 30.5 Å². The van der Waals surface area contributed by atoms with E-state index in [0.29, 0.717) is 0 Å². The van der Waals surface area contributed by atoms with E-state index in [4.69, 9.17) is 4.74 Å². The number of para-hydroxylation sites is 1. The van der Waals surface area contributed by atoms with Gasteiger partial charge in [0.15, 0.2) is 6.61 Å². The van der Waals surface area contributed by atoms with Gasteiger partial charge in [-0.1, -0.05) is 26.0 Å². The zero-order valence-electron chi connectivity index (χ0n) is 15.5. The van der Waals surface area contributed by atoms with Gasteiger partial charge in [0.2, 0.25) is 5.91 Å². The molecule has 0 bridgehead atoms. The summed E-state index contributed by atoms with van der Waals surface area (Å²) in [7, 11) is 0. The van der Waals surface area contributed by atoms with Crippen LogP contribution in [0.2, 0.25) is 0 Å². The maximum atomic E-state index is 13.9. The SMILES string of the molecule is CC(C)[C@](C)(C#N)NC(=O)COC(=O)[C@@H]1CC(=O)N(c2ccccc2F)C1. The number of carbonyl (C=O) groups excluding carboxylic acids is 3. The summed E-state index contributed by atoms with van der Waals surface area (Å²) in [5.74, 6) is -3.16. The van der Waals surface area contributed by atoms with E-state index >= 15 is 0 Å². The van der Waals surface area contributed by atoms with Gasteiger partial charge in [0.05, 0.1) is 17.7 Å². The third-order valence-electron chi connectivity index (χ3n) is 4.73. The number of esters is 1. The summed E-state index contributed by atoms with van der Waals surface area (Å²) in [6.07, 6.45) is -0.114. The number of amides is 2. The summed E-state index contributed by atoms with van der Waals surface area (Å²) in [5, 5.41) is 11.7. The molecule has 1 saturated heterocycles. The normalized spacial score (nSPS) is 18.7. The average molecular weight is 375 g/mol. The highest BCUT2D eigenvalue weighted by Crippen LogP contribution is 2.27. The van der Waals surface area contributed by atoms with E-state index in [9.17, 15) is 24.0 Å². The van der Waals surface area contributed by atoms with Gasteiger partial charge in [-0.25, -0.2) is 4.39 Å². The fourth-order valence-corrected chi connectivity index (χ4v) is 2.65. The summed E-state index contributed by atoms with van der Waals surface area (Å²) in [6, 6.07) is 7.83. The number of nitrogens with one attached hydrogen (secondary N) is 1. The van der Waals surface area contributed by atoms with Crippen LogP contribution in [-0.2, 0) is 19.1 Å². The number of halogens is 1. The summed E-state index contributed by atoms with van der Waals surface area (Å²) in [5.41, 5.74) is -0.966. The maximum absolute atomic E-state index is 13.9. The molecule has 1 fully saturated rings. The van der Waals surface area contributed by atoms with Crippen LogP contribution in [0.3, 0.4) is 0 Å². The monoisotopic (exact) mass is 375 g/mol. The number of ether oxygens (including phenoxy) is 1. The molecule has 2 rings (SSSR count). The molecule has 2 atom stereocenters. The molecule has 8 heteroatoms. The van der Waals surface area contributed by atoms with Crippen LogP contribution < -0.4 is 10.2 Å². The van der Waals surface area contributed by atoms with E-state index in [1.807, 2.05) is 6.07 Å². The van der Waals surface area contributed by atoms with Gasteiger partial charge in [0, 0.05) is 13.0 Å². The first kappa shape index (κ1) is 20.4. The largest absolute Gasteiger partial charge is 0.455 e. The summed E-state index contributed by atoms with van der Waals surface area (Å²) in [6.45, 7) is 4.60. The summed E-state index contributed by atoms with van der Waals surface area (Å²) >= 11 is 0. The summed E-state index contributed by atoms with van der Waals surface area (Å²) < 4.78 is 18.9. The first-order valence-electron chi connectivity index (χ1n) is 8.61. The molecule has 0 aromatic heterocycles. The Hall–Kier alpha value is -2.95. The van der Waals surface area contributed by atoms with E-state index < -0.39 is 35.8 Å². The van der Waals surface area contributed by atoms with Crippen molar-refractivity contribution in [3.63, 3.8) is 0 Å². The van der Waals surface area contributed by atoms with Crippen molar-refractivity contribution in [3.05, 3.63) is 30.1 Å². The minimum Gasteiger partial charge on any atom is -0.455 e. The number of benzene rings is 1. The lowest BCUT2D eigenvalue weighted by molar-refractivity contribution is -0.152. The summed E-state index contributed by atoms with van der Waals surface area (Å²) in [4.78, 5) is 37.5. The first-order chi connectivity index (χ1) is 12.7. The van der Waals surface area contributed by atoms with E-state index in [1.54, 1.807) is 26.8 Å². The Bertz CT molecular complexity index is 789. The molecule has 0 unspecified atom stereocenters. The molecule has 0 aliphatic carbocycles. The van der Waals surface area contributed by atoms with Gasteiger partial charge in [-0.2, -0.15) is 5.26 Å². The van der Waals surface area contributed by atoms with Gasteiger partial charge < -0.3 is 15.0 Å². The van der Waals surface area contributed by atoms with Crippen molar-refractivity contribution in [2.24, 2.45) is 11.8 Å². The second-order valence-corrected chi connectivity index (χ2v) is 6.98. The van der Waals surface area contributed by atoms with Crippen molar-refractivity contribution in [2.45, 2.75) is 32.7 Å². The van der Waals surface area contributed by atoms with Crippen LogP contribution in [0.1, 0.15) is 27.2 Å². The van der Waals surface area contributed by atoms with Crippen molar-refractivity contribution >= 4 is 23.5 Å². The highest BCUT2D eigenvalue weighted by atomic mass is 19.1. The molecular formula is C19H22FN3O4. The van der Waals surface area contributed by atoms with Crippen LogP contribution in [0.4, 0.5) is 10.1 Å². The number of carbonyl (C=O) groups is 3. The smallest absolute Gasteiger partial charge is 0.311 e. The highest BCUT2D eigenvalue weighted by Gasteiger charge is 2.37. The van der Waals surface area contributed by atoms with Crippen molar-refractivity contribution in [2.75, 3.05) is 18.1 Å². The zero-order valence-corrected chi connectivity index (χ0v) is 15.5. The predicted molar refractivity (Wildman–Crippen MR) is 94.8 cm³/mol. The number of anilines is 1. The van der Waals surface area contributed by atoms with Crippen molar-refractivity contribution in [1.82, 2.24) is 5.32 Å². The number of hydrogen-bond donors (Lipinski definition) is 1. The Morgan fingerprint density at radius 2 is 2.11 bits per heavy atom. The fourth-order valence-electron chi connectivity index (χ4n) is 2.65. The van der Waals surface area contributed by atoms with Crippen LogP contribution >= 0.6 is 0 Å². The molecule has 1 aliphatic heterocycles. The van der Waals surface area contributed by atoms with E-state index in [2.05, 4.69) is 5.32 Å². The number of rotatable bonds is 6. The van der Waals surface area contributed by atoms with Gasteiger partial charge in [0.1, 0.15) is 11.4 Å². The lowest BCUT2D eigenvalue weighted by Gasteiger charge is -2.27. The van der Waals surface area contributed by atoms with Gasteiger partial charge in [-0.05, 0) is 25.0 Å². The molecular weight excluding hydrogens is 353 g/mol. The topological polar surface area (TPSA) is 99.5 Å². The molecule has 1 aliphatic rings. The average Bonchev–Trinajstić information content (AvgIpc) is 3.01. The fraction of sp³-hybridized carbons (Fsp3) is 0.474. The molecule has 0 saturated carbocycles. The zero-order chi connectivity index (χ0) is 20.2. The third kappa shape index (κ3) is 4.61. The number of nitriles is 1. The quantitative estimate of drug-likeness (QED) is 0.764. The van der Waals surface area contributed by atoms with Crippen molar-refractivity contribution in [1.29, 1.82) is 5.26 Å². The minimum atomic E-state index is -1.07. The Kier molecular flexibility index (Phi) is 6.16. The predicted octanol–water partition coefficient (Wildman–Crippen LogP) is 1.78. The molecule has 7 nitrogen and oxygen atoms in total. The molecule has 1 heterocycles. The van der Waals surface area contributed by atoms with E-state index in [1.165, 1.54) is 23.1 Å². The van der Waals surface area contributed by atoms with Gasteiger partial charge >= 0.3 is 5.97 Å². The lowest BCUT2D eigenvalue weighted by Crippen LogP contribution is -2.50. The molecule has 1 aromatic carbocycles. The Balaban J connectivity index is 1.92. The van der Waals surface area contributed by atoms with Gasteiger partial charge in [0.25, 0.3) is 5.91 Å².